The van der Waals surface area contributed by atoms with Crippen LogP contribution >= 0.6 is 0 Å². The van der Waals surface area contributed by atoms with Crippen LogP contribution in [0.15, 0.2) is 0 Å². The van der Waals surface area contributed by atoms with Crippen LogP contribution in [0, 0.1) is 5.41 Å². The van der Waals surface area contributed by atoms with Crippen molar-refractivity contribution in [2.24, 2.45) is 5.41 Å². The Morgan fingerprint density at radius 1 is 1.77 bits per heavy atom. The molecule has 4 heteroatoms. The molecule has 3 unspecified atom stereocenters. The summed E-state index contributed by atoms with van der Waals surface area (Å²) in [6, 6.07) is 0.00375. The summed E-state index contributed by atoms with van der Waals surface area (Å²) in [6.07, 6.45) is 0.275. The van der Waals surface area contributed by atoms with Gasteiger partial charge in [0.05, 0.1) is 18.8 Å². The van der Waals surface area contributed by atoms with E-state index in [1.807, 2.05) is 6.92 Å². The van der Waals surface area contributed by atoms with Crippen LogP contribution in [0.3, 0.4) is 0 Å². The lowest BCUT2D eigenvalue weighted by Gasteiger charge is -2.39. The number of aliphatic hydroxyl groups excluding tert-OH is 1. The average Bonchev–Trinajstić information content (AvgIpc) is 2.56. The molecule has 3 rings (SSSR count). The van der Waals surface area contributed by atoms with Crippen molar-refractivity contribution in [2.75, 3.05) is 13.2 Å². The van der Waals surface area contributed by atoms with Crippen LogP contribution < -0.4 is 0 Å². The summed E-state index contributed by atoms with van der Waals surface area (Å²) in [5.74, 6) is 0. The number of fused-ring (bicyclic) bond motifs is 1. The highest BCUT2D eigenvalue weighted by Gasteiger charge is 2.61. The number of aliphatic hydroxyl groups is 1. The van der Waals surface area contributed by atoms with Crippen LogP contribution in [0.2, 0.25) is 0 Å². The quantitative estimate of drug-likeness (QED) is 0.650. The number of amides is 1. The topological polar surface area (TPSA) is 49.8 Å². The zero-order valence-corrected chi connectivity index (χ0v) is 7.99. The van der Waals surface area contributed by atoms with Gasteiger partial charge in [0, 0.05) is 12.0 Å². The Balaban J connectivity index is 2.02. The van der Waals surface area contributed by atoms with E-state index in [2.05, 4.69) is 0 Å². The van der Waals surface area contributed by atoms with Crippen LogP contribution in [0.1, 0.15) is 20.3 Å². The van der Waals surface area contributed by atoms with Crippen LogP contribution in [0.4, 0.5) is 4.79 Å². The van der Waals surface area contributed by atoms with E-state index in [0.717, 1.165) is 6.42 Å². The summed E-state index contributed by atoms with van der Waals surface area (Å²) in [4.78, 5) is 13.0. The first-order chi connectivity index (χ1) is 6.08. The van der Waals surface area contributed by atoms with Gasteiger partial charge in [0.1, 0.15) is 0 Å². The molecule has 0 radical (unpaired) electrons. The van der Waals surface area contributed by atoms with Gasteiger partial charge in [-0.1, -0.05) is 6.92 Å². The van der Waals surface area contributed by atoms with Crippen LogP contribution in [0.5, 0.6) is 0 Å². The van der Waals surface area contributed by atoms with Crippen molar-refractivity contribution in [3.05, 3.63) is 0 Å². The van der Waals surface area contributed by atoms with Crippen molar-refractivity contribution >= 4 is 6.09 Å². The van der Waals surface area contributed by atoms with Crippen LogP contribution in [-0.4, -0.2) is 41.4 Å². The molecule has 0 aromatic heterocycles. The smallest absolute Gasteiger partial charge is 0.410 e. The molecule has 2 bridgehead atoms. The fraction of sp³-hybridized carbons (Fsp3) is 0.889. The van der Waals surface area contributed by atoms with Gasteiger partial charge in [-0.05, 0) is 13.3 Å². The lowest BCUT2D eigenvalue weighted by molar-refractivity contribution is -0.0324. The minimum atomic E-state index is -0.350. The van der Waals surface area contributed by atoms with Crippen LogP contribution in [0.25, 0.3) is 0 Å². The Kier molecular flexibility index (Phi) is 1.77. The first-order valence-corrected chi connectivity index (χ1v) is 4.70. The zero-order chi connectivity index (χ0) is 9.64. The second-order valence-corrected chi connectivity index (χ2v) is 4.20. The van der Waals surface area contributed by atoms with Gasteiger partial charge in [-0.25, -0.2) is 4.79 Å². The summed E-state index contributed by atoms with van der Waals surface area (Å²) < 4.78 is 4.89. The molecule has 3 fully saturated rings. The Hall–Kier alpha value is -0.770. The Morgan fingerprint density at radius 2 is 2.46 bits per heavy atom. The van der Waals surface area contributed by atoms with Gasteiger partial charge in [0.25, 0.3) is 0 Å². The van der Waals surface area contributed by atoms with E-state index >= 15 is 0 Å². The van der Waals surface area contributed by atoms with Gasteiger partial charge < -0.3 is 14.7 Å². The number of hydrogen-bond donors (Lipinski definition) is 1. The maximum absolute atomic E-state index is 11.4. The maximum atomic E-state index is 11.4. The zero-order valence-electron chi connectivity index (χ0n) is 7.99. The van der Waals surface area contributed by atoms with Crippen molar-refractivity contribution in [1.29, 1.82) is 0 Å². The number of carbonyl (C=O) groups excluding carboxylic acids is 1. The lowest BCUT2D eigenvalue weighted by atomic mass is 9.69. The second kappa shape index (κ2) is 2.61. The summed E-state index contributed by atoms with van der Waals surface area (Å²) in [5.41, 5.74) is -0.0720. The molecule has 2 saturated heterocycles. The highest BCUT2D eigenvalue weighted by atomic mass is 16.6. The van der Waals surface area contributed by atoms with E-state index < -0.39 is 0 Å². The molecule has 1 N–H and O–H groups in total. The highest BCUT2D eigenvalue weighted by Crippen LogP contribution is 2.51. The van der Waals surface area contributed by atoms with E-state index in [1.165, 1.54) is 0 Å². The summed E-state index contributed by atoms with van der Waals surface area (Å²) >= 11 is 0. The molecular formula is C9H15NO3. The summed E-state index contributed by atoms with van der Waals surface area (Å²) in [6.45, 7) is 4.83. The second-order valence-electron chi connectivity index (χ2n) is 4.20. The van der Waals surface area contributed by atoms with Crippen LogP contribution in [-0.2, 0) is 4.74 Å². The number of carbonyl (C=O) groups is 1. The van der Waals surface area contributed by atoms with Gasteiger partial charge in [-0.2, -0.15) is 0 Å². The van der Waals surface area contributed by atoms with Gasteiger partial charge in [0.2, 0.25) is 0 Å². The monoisotopic (exact) mass is 185 g/mol. The number of hydrogen-bond acceptors (Lipinski definition) is 3. The predicted octanol–water partition coefficient (Wildman–Crippen LogP) is 0.598. The lowest BCUT2D eigenvalue weighted by Crippen LogP contribution is -2.50. The molecule has 1 aliphatic carbocycles. The summed E-state index contributed by atoms with van der Waals surface area (Å²) in [5, 5.41) is 9.64. The van der Waals surface area contributed by atoms with Gasteiger partial charge in [-0.3, -0.25) is 0 Å². The molecule has 1 amide bonds. The Labute approximate surface area is 77.5 Å². The van der Waals surface area contributed by atoms with Gasteiger partial charge in [-0.15, -0.1) is 0 Å². The average molecular weight is 185 g/mol. The minimum Gasteiger partial charge on any atom is -0.450 e. The first-order valence-electron chi connectivity index (χ1n) is 4.70. The van der Waals surface area contributed by atoms with Gasteiger partial charge in [0.15, 0.2) is 0 Å². The summed E-state index contributed by atoms with van der Waals surface area (Å²) in [7, 11) is 0. The SMILES string of the molecule is CCOC(=O)N1CC2(C)CC1C2O. The van der Waals surface area contributed by atoms with E-state index in [0.29, 0.717) is 13.2 Å². The first kappa shape index (κ1) is 8.81. The normalized spacial score (nSPS) is 41.6. The molecule has 0 spiro atoms. The molecule has 74 valence electrons. The standard InChI is InChI=1S/C9H15NO3/c1-3-13-8(12)10-5-9(2)4-6(10)7(9)11/h6-7,11H,3-5H2,1-2H3. The fourth-order valence-electron chi connectivity index (χ4n) is 2.37. The third-order valence-corrected chi connectivity index (χ3v) is 3.19. The Morgan fingerprint density at radius 3 is 2.85 bits per heavy atom. The molecule has 0 aromatic carbocycles. The van der Waals surface area contributed by atoms with Crippen molar-refractivity contribution in [1.82, 2.24) is 4.90 Å². The van der Waals surface area contributed by atoms with Crippen molar-refractivity contribution in [3.63, 3.8) is 0 Å². The highest BCUT2D eigenvalue weighted by molar-refractivity contribution is 5.69. The molecule has 1 saturated carbocycles. The number of ether oxygens (including phenoxy) is 1. The fourth-order valence-corrected chi connectivity index (χ4v) is 2.37. The molecule has 2 aliphatic heterocycles. The van der Waals surface area contributed by atoms with E-state index in [-0.39, 0.29) is 23.7 Å². The van der Waals surface area contributed by atoms with E-state index in [4.69, 9.17) is 4.74 Å². The third kappa shape index (κ3) is 1.05. The van der Waals surface area contributed by atoms with Gasteiger partial charge >= 0.3 is 6.09 Å². The molecule has 0 aromatic rings. The third-order valence-electron chi connectivity index (χ3n) is 3.19. The van der Waals surface area contributed by atoms with E-state index in [9.17, 15) is 9.90 Å². The van der Waals surface area contributed by atoms with Crippen molar-refractivity contribution in [2.45, 2.75) is 32.4 Å². The van der Waals surface area contributed by atoms with Crippen molar-refractivity contribution < 1.29 is 14.6 Å². The maximum Gasteiger partial charge on any atom is 0.410 e. The minimum absolute atomic E-state index is 0.00375. The number of nitrogens with zero attached hydrogens (tertiary/aromatic N) is 1. The Bertz CT molecular complexity index is 243. The molecule has 2 heterocycles. The molecule has 3 atom stereocenters. The molecule has 3 aliphatic rings. The van der Waals surface area contributed by atoms with E-state index in [1.54, 1.807) is 11.8 Å². The molecule has 4 nitrogen and oxygen atoms in total. The van der Waals surface area contributed by atoms with Crippen molar-refractivity contribution in [3.8, 4) is 0 Å². The molecular weight excluding hydrogens is 170 g/mol. The predicted molar refractivity (Wildman–Crippen MR) is 46.2 cm³/mol. The number of rotatable bonds is 1. The molecule has 13 heavy (non-hydrogen) atoms. The largest absolute Gasteiger partial charge is 0.450 e.